The van der Waals surface area contributed by atoms with E-state index in [0.717, 1.165) is 25.7 Å². The molecule has 0 bridgehead atoms. The molecule has 72 valence electrons. The molecule has 0 spiro atoms. The summed E-state index contributed by atoms with van der Waals surface area (Å²) in [5.74, 6) is -1.05. The second kappa shape index (κ2) is 4.30. The van der Waals surface area contributed by atoms with Crippen LogP contribution in [0.15, 0.2) is 0 Å². The van der Waals surface area contributed by atoms with Crippen molar-refractivity contribution in [3.05, 3.63) is 0 Å². The summed E-state index contributed by atoms with van der Waals surface area (Å²) >= 11 is 0. The molecule has 0 unspecified atom stereocenters. The lowest BCUT2D eigenvalue weighted by Crippen LogP contribution is -2.19. The van der Waals surface area contributed by atoms with Crippen LogP contribution in [0, 0.1) is 5.92 Å². The predicted molar refractivity (Wildman–Crippen MR) is 47.3 cm³/mol. The van der Waals surface area contributed by atoms with Gasteiger partial charge >= 0.3 is 0 Å². The molecule has 1 aliphatic carbocycles. The van der Waals surface area contributed by atoms with Crippen molar-refractivity contribution in [2.75, 3.05) is 0 Å². The highest BCUT2D eigenvalue weighted by molar-refractivity contribution is 6.39. The normalized spacial score (nSPS) is 17.3. The maximum Gasteiger partial charge on any atom is 0.205 e. The molecule has 0 atom stereocenters. The molecule has 13 heavy (non-hydrogen) atoms. The lowest BCUT2D eigenvalue weighted by Gasteiger charge is -2.04. The maximum absolute atomic E-state index is 11.4. The van der Waals surface area contributed by atoms with Crippen LogP contribution in [-0.2, 0) is 14.4 Å². The highest BCUT2D eigenvalue weighted by Crippen LogP contribution is 2.26. The summed E-state index contributed by atoms with van der Waals surface area (Å²) in [5, 5.41) is 0. The van der Waals surface area contributed by atoms with Crippen LogP contribution in [-0.4, -0.2) is 17.3 Å². The molecule has 3 heteroatoms. The molecule has 0 aliphatic heterocycles. The van der Waals surface area contributed by atoms with Crippen molar-refractivity contribution in [2.45, 2.75) is 39.0 Å². The first kappa shape index (κ1) is 10.1. The van der Waals surface area contributed by atoms with Crippen molar-refractivity contribution in [1.82, 2.24) is 0 Å². The SMILES string of the molecule is CC(=O)C(=O)CC(=O)C1CCCC1. The lowest BCUT2D eigenvalue weighted by atomic mass is 9.97. The molecule has 0 aromatic carbocycles. The van der Waals surface area contributed by atoms with E-state index < -0.39 is 11.6 Å². The van der Waals surface area contributed by atoms with Gasteiger partial charge in [-0.3, -0.25) is 14.4 Å². The summed E-state index contributed by atoms with van der Waals surface area (Å²) in [6.07, 6.45) is 3.75. The molecule has 1 rings (SSSR count). The summed E-state index contributed by atoms with van der Waals surface area (Å²) in [4.78, 5) is 32.9. The topological polar surface area (TPSA) is 51.2 Å². The second-order valence-electron chi connectivity index (χ2n) is 3.60. The smallest absolute Gasteiger partial charge is 0.205 e. The number of hydrogen-bond acceptors (Lipinski definition) is 3. The molecule has 1 saturated carbocycles. The minimum absolute atomic E-state index is 0.0438. The highest BCUT2D eigenvalue weighted by Gasteiger charge is 2.25. The first-order valence-electron chi connectivity index (χ1n) is 4.67. The summed E-state index contributed by atoms with van der Waals surface area (Å²) < 4.78 is 0. The molecule has 0 heterocycles. The van der Waals surface area contributed by atoms with Gasteiger partial charge in [0.1, 0.15) is 5.78 Å². The molecule has 0 saturated heterocycles. The van der Waals surface area contributed by atoms with Crippen LogP contribution >= 0.6 is 0 Å². The lowest BCUT2D eigenvalue weighted by molar-refractivity contribution is -0.138. The number of carbonyl (C=O) groups excluding carboxylic acids is 3. The van der Waals surface area contributed by atoms with Crippen LogP contribution in [0.4, 0.5) is 0 Å². The largest absolute Gasteiger partial charge is 0.299 e. The van der Waals surface area contributed by atoms with Gasteiger partial charge in [-0.05, 0) is 12.8 Å². The zero-order valence-corrected chi connectivity index (χ0v) is 7.84. The Labute approximate surface area is 77.5 Å². The van der Waals surface area contributed by atoms with E-state index in [1.54, 1.807) is 0 Å². The van der Waals surface area contributed by atoms with Crippen molar-refractivity contribution >= 4 is 17.3 Å². The van der Waals surface area contributed by atoms with Gasteiger partial charge in [0.05, 0.1) is 6.42 Å². The maximum atomic E-state index is 11.4. The Hall–Kier alpha value is -0.990. The summed E-state index contributed by atoms with van der Waals surface area (Å²) in [6.45, 7) is 1.21. The van der Waals surface area contributed by atoms with Gasteiger partial charge in [0.15, 0.2) is 5.78 Å². The van der Waals surface area contributed by atoms with Gasteiger partial charge in [-0.1, -0.05) is 12.8 Å². The number of ketones is 3. The minimum Gasteiger partial charge on any atom is -0.299 e. The van der Waals surface area contributed by atoms with Gasteiger partial charge < -0.3 is 0 Å². The zero-order valence-electron chi connectivity index (χ0n) is 7.84. The fourth-order valence-electron chi connectivity index (χ4n) is 1.67. The monoisotopic (exact) mass is 182 g/mol. The van der Waals surface area contributed by atoms with Crippen molar-refractivity contribution in [2.24, 2.45) is 5.92 Å². The second-order valence-corrected chi connectivity index (χ2v) is 3.60. The Bertz CT molecular complexity index is 237. The summed E-state index contributed by atoms with van der Waals surface area (Å²) in [6, 6.07) is 0. The van der Waals surface area contributed by atoms with Crippen molar-refractivity contribution in [3.8, 4) is 0 Å². The standard InChI is InChI=1S/C10H14O3/c1-7(11)9(12)6-10(13)8-4-2-3-5-8/h8H,2-6H2,1H3. The first-order chi connectivity index (χ1) is 6.11. The van der Waals surface area contributed by atoms with Crippen LogP contribution in [0.5, 0.6) is 0 Å². The average molecular weight is 182 g/mol. The van der Waals surface area contributed by atoms with E-state index in [0.29, 0.717) is 0 Å². The van der Waals surface area contributed by atoms with E-state index >= 15 is 0 Å². The fourth-order valence-corrected chi connectivity index (χ4v) is 1.67. The highest BCUT2D eigenvalue weighted by atomic mass is 16.2. The molecule has 0 aromatic heterocycles. The first-order valence-corrected chi connectivity index (χ1v) is 4.67. The third-order valence-corrected chi connectivity index (χ3v) is 2.54. The Kier molecular flexibility index (Phi) is 3.34. The van der Waals surface area contributed by atoms with Crippen molar-refractivity contribution in [3.63, 3.8) is 0 Å². The molecule has 1 aliphatic rings. The molecule has 0 aromatic rings. The van der Waals surface area contributed by atoms with Crippen LogP contribution in [0.3, 0.4) is 0 Å². The number of Topliss-reactive ketones (excluding diaryl/α,β-unsaturated/α-hetero) is 3. The summed E-state index contributed by atoms with van der Waals surface area (Å²) in [7, 11) is 0. The molecular formula is C10H14O3. The zero-order chi connectivity index (χ0) is 9.84. The molecule has 1 fully saturated rings. The molecule has 3 nitrogen and oxygen atoms in total. The Morgan fingerprint density at radius 2 is 1.69 bits per heavy atom. The molecule has 0 amide bonds. The van der Waals surface area contributed by atoms with Gasteiger partial charge in [-0.15, -0.1) is 0 Å². The minimum atomic E-state index is -0.545. The third kappa shape index (κ3) is 2.76. The van der Waals surface area contributed by atoms with Crippen LogP contribution in [0.1, 0.15) is 39.0 Å². The van der Waals surface area contributed by atoms with E-state index in [2.05, 4.69) is 0 Å². The summed E-state index contributed by atoms with van der Waals surface area (Å²) in [5.41, 5.74) is 0. The van der Waals surface area contributed by atoms with Gasteiger partial charge in [-0.25, -0.2) is 0 Å². The van der Waals surface area contributed by atoms with Crippen molar-refractivity contribution in [1.29, 1.82) is 0 Å². The van der Waals surface area contributed by atoms with Crippen molar-refractivity contribution < 1.29 is 14.4 Å². The number of rotatable bonds is 4. The van der Waals surface area contributed by atoms with Crippen LogP contribution in [0.2, 0.25) is 0 Å². The van der Waals surface area contributed by atoms with E-state index in [-0.39, 0.29) is 18.1 Å². The van der Waals surface area contributed by atoms with E-state index in [1.807, 2.05) is 0 Å². The van der Waals surface area contributed by atoms with Gasteiger partial charge in [0.2, 0.25) is 5.78 Å². The van der Waals surface area contributed by atoms with E-state index in [9.17, 15) is 14.4 Å². The fraction of sp³-hybridized carbons (Fsp3) is 0.700. The van der Waals surface area contributed by atoms with Crippen LogP contribution in [0.25, 0.3) is 0 Å². The molecule has 0 N–H and O–H groups in total. The Morgan fingerprint density at radius 3 is 2.15 bits per heavy atom. The van der Waals surface area contributed by atoms with Crippen LogP contribution < -0.4 is 0 Å². The van der Waals surface area contributed by atoms with Gasteiger partial charge in [0.25, 0.3) is 0 Å². The number of carbonyl (C=O) groups is 3. The molecular weight excluding hydrogens is 168 g/mol. The Balaban J connectivity index is 2.40. The third-order valence-electron chi connectivity index (χ3n) is 2.54. The van der Waals surface area contributed by atoms with E-state index in [4.69, 9.17) is 0 Å². The molecule has 0 radical (unpaired) electrons. The van der Waals surface area contributed by atoms with E-state index in [1.165, 1.54) is 6.92 Å². The average Bonchev–Trinajstić information content (AvgIpc) is 2.55. The predicted octanol–water partition coefficient (Wildman–Crippen LogP) is 1.29. The quantitative estimate of drug-likeness (QED) is 0.486. The number of hydrogen-bond donors (Lipinski definition) is 0. The van der Waals surface area contributed by atoms with Gasteiger partial charge in [0, 0.05) is 12.8 Å². The van der Waals surface area contributed by atoms with Gasteiger partial charge in [-0.2, -0.15) is 0 Å². The Morgan fingerprint density at radius 1 is 1.15 bits per heavy atom.